The molecule has 0 aliphatic carbocycles. The van der Waals surface area contributed by atoms with Crippen molar-refractivity contribution in [1.82, 2.24) is 9.80 Å². The van der Waals surface area contributed by atoms with Crippen molar-refractivity contribution in [3.63, 3.8) is 0 Å². The summed E-state index contributed by atoms with van der Waals surface area (Å²) in [5.74, 6) is -0.101. The minimum Gasteiger partial charge on any atom is -0.406 e. The number of likely N-dealkylation sites (tertiary alicyclic amines) is 1. The van der Waals surface area contributed by atoms with Crippen LogP contribution in [0.2, 0.25) is 0 Å². The lowest BCUT2D eigenvalue weighted by molar-refractivity contribution is -0.274. The van der Waals surface area contributed by atoms with E-state index in [9.17, 15) is 18.0 Å². The summed E-state index contributed by atoms with van der Waals surface area (Å²) >= 11 is 0. The highest BCUT2D eigenvalue weighted by Gasteiger charge is 2.31. The van der Waals surface area contributed by atoms with Crippen LogP contribution >= 0.6 is 0 Å². The van der Waals surface area contributed by atoms with Gasteiger partial charge in [0.1, 0.15) is 5.75 Å². The third kappa shape index (κ3) is 5.42. The van der Waals surface area contributed by atoms with Crippen molar-refractivity contribution in [2.45, 2.75) is 25.7 Å². The largest absolute Gasteiger partial charge is 0.573 e. The number of halogens is 3. The molecule has 7 heteroatoms. The number of rotatable bonds is 4. The van der Waals surface area contributed by atoms with E-state index in [1.807, 2.05) is 0 Å². The summed E-state index contributed by atoms with van der Waals surface area (Å²) in [4.78, 5) is 15.8. The standard InChI is InChI=1S/C16H21F3N2O2/c1-20(2)15(22)13-4-3-9-21(11-13)10-12-5-7-14(8-6-12)23-16(17,18)19/h5-8,13H,3-4,9-11H2,1-2H3. The quantitative estimate of drug-likeness (QED) is 0.851. The van der Waals surface area contributed by atoms with E-state index < -0.39 is 6.36 Å². The van der Waals surface area contributed by atoms with Gasteiger partial charge in [-0.05, 0) is 37.1 Å². The zero-order valence-electron chi connectivity index (χ0n) is 13.3. The molecule has 0 bridgehead atoms. The van der Waals surface area contributed by atoms with Crippen LogP contribution in [0.5, 0.6) is 5.75 Å². The molecule has 0 spiro atoms. The molecule has 1 aromatic rings. The minimum atomic E-state index is -4.67. The molecule has 0 saturated carbocycles. The Hall–Kier alpha value is -1.76. The number of benzene rings is 1. The van der Waals surface area contributed by atoms with Crippen molar-refractivity contribution in [1.29, 1.82) is 0 Å². The second-order valence-corrected chi connectivity index (χ2v) is 6.00. The molecular weight excluding hydrogens is 309 g/mol. The summed E-state index contributed by atoms with van der Waals surface area (Å²) in [6.07, 6.45) is -2.85. The normalized spacial score (nSPS) is 19.4. The molecule has 0 radical (unpaired) electrons. The van der Waals surface area contributed by atoms with Gasteiger partial charge in [-0.25, -0.2) is 0 Å². The second kappa shape index (κ2) is 7.21. The topological polar surface area (TPSA) is 32.8 Å². The predicted octanol–water partition coefficient (Wildman–Crippen LogP) is 2.89. The highest BCUT2D eigenvalue weighted by molar-refractivity contribution is 5.78. The van der Waals surface area contributed by atoms with Crippen molar-refractivity contribution >= 4 is 5.91 Å². The van der Waals surface area contributed by atoms with Gasteiger partial charge >= 0.3 is 6.36 Å². The SMILES string of the molecule is CN(C)C(=O)C1CCCN(Cc2ccc(OC(F)(F)F)cc2)C1. The molecule has 1 aliphatic rings. The predicted molar refractivity (Wildman–Crippen MR) is 79.8 cm³/mol. The van der Waals surface area contributed by atoms with Crippen LogP contribution < -0.4 is 4.74 Å². The van der Waals surface area contributed by atoms with E-state index in [1.165, 1.54) is 12.1 Å². The molecule has 1 amide bonds. The molecule has 1 saturated heterocycles. The van der Waals surface area contributed by atoms with Crippen LogP contribution in [0.25, 0.3) is 0 Å². The summed E-state index contributed by atoms with van der Waals surface area (Å²) in [5.41, 5.74) is 0.900. The van der Waals surface area contributed by atoms with Gasteiger partial charge in [0.05, 0.1) is 5.92 Å². The van der Waals surface area contributed by atoms with Gasteiger partial charge in [0.25, 0.3) is 0 Å². The van der Waals surface area contributed by atoms with E-state index in [-0.39, 0.29) is 17.6 Å². The number of carbonyl (C=O) groups excluding carboxylic acids is 1. The van der Waals surface area contributed by atoms with Crippen LogP contribution in [-0.4, -0.2) is 49.3 Å². The molecule has 0 aromatic heterocycles. The van der Waals surface area contributed by atoms with Crippen molar-refractivity contribution < 1.29 is 22.7 Å². The first kappa shape index (κ1) is 17.6. The van der Waals surface area contributed by atoms with E-state index in [0.29, 0.717) is 13.1 Å². The molecule has 1 heterocycles. The van der Waals surface area contributed by atoms with Gasteiger partial charge in [-0.15, -0.1) is 13.2 Å². The van der Waals surface area contributed by atoms with Gasteiger partial charge in [-0.1, -0.05) is 12.1 Å². The molecule has 2 rings (SSSR count). The summed E-state index contributed by atoms with van der Waals surface area (Å²) in [7, 11) is 3.50. The van der Waals surface area contributed by atoms with Crippen LogP contribution in [0.15, 0.2) is 24.3 Å². The maximum Gasteiger partial charge on any atom is 0.573 e. The number of hydrogen-bond donors (Lipinski definition) is 0. The number of carbonyl (C=O) groups is 1. The Balaban J connectivity index is 1.92. The van der Waals surface area contributed by atoms with E-state index in [4.69, 9.17) is 0 Å². The molecule has 0 N–H and O–H groups in total. The lowest BCUT2D eigenvalue weighted by Gasteiger charge is -2.33. The van der Waals surface area contributed by atoms with Gasteiger partial charge in [-0.3, -0.25) is 9.69 Å². The van der Waals surface area contributed by atoms with Gasteiger partial charge in [0.15, 0.2) is 0 Å². The summed E-state index contributed by atoms with van der Waals surface area (Å²) in [6.45, 7) is 2.18. The van der Waals surface area contributed by atoms with Gasteiger partial charge in [-0.2, -0.15) is 0 Å². The van der Waals surface area contributed by atoms with Crippen LogP contribution in [0, 0.1) is 5.92 Å². The van der Waals surface area contributed by atoms with E-state index in [0.717, 1.165) is 24.9 Å². The lowest BCUT2D eigenvalue weighted by atomic mass is 9.96. The van der Waals surface area contributed by atoms with Gasteiger partial charge < -0.3 is 9.64 Å². The molecule has 1 atom stereocenters. The maximum atomic E-state index is 12.1. The molecule has 1 aromatic carbocycles. The number of hydrogen-bond acceptors (Lipinski definition) is 3. The molecular formula is C16H21F3N2O2. The Bertz CT molecular complexity index is 529. The zero-order chi connectivity index (χ0) is 17.0. The number of alkyl halides is 3. The molecule has 1 unspecified atom stereocenters. The van der Waals surface area contributed by atoms with Crippen LogP contribution in [-0.2, 0) is 11.3 Å². The number of ether oxygens (including phenoxy) is 1. The van der Waals surface area contributed by atoms with E-state index in [2.05, 4.69) is 9.64 Å². The lowest BCUT2D eigenvalue weighted by Crippen LogP contribution is -2.42. The first-order valence-electron chi connectivity index (χ1n) is 7.53. The van der Waals surface area contributed by atoms with Gasteiger partial charge in [0, 0.05) is 27.2 Å². The molecule has 128 valence electrons. The van der Waals surface area contributed by atoms with Crippen molar-refractivity contribution in [2.24, 2.45) is 5.92 Å². The van der Waals surface area contributed by atoms with Crippen molar-refractivity contribution in [3.8, 4) is 5.75 Å². The van der Waals surface area contributed by atoms with Crippen LogP contribution in [0.3, 0.4) is 0 Å². The monoisotopic (exact) mass is 330 g/mol. The summed E-state index contributed by atoms with van der Waals surface area (Å²) in [6, 6.07) is 5.88. The Morgan fingerprint density at radius 3 is 2.52 bits per heavy atom. The van der Waals surface area contributed by atoms with Crippen LogP contribution in [0.1, 0.15) is 18.4 Å². The maximum absolute atomic E-state index is 12.1. The third-order valence-corrected chi connectivity index (χ3v) is 3.86. The average Bonchev–Trinajstić information content (AvgIpc) is 2.47. The van der Waals surface area contributed by atoms with Crippen LogP contribution in [0.4, 0.5) is 13.2 Å². The molecule has 1 aliphatic heterocycles. The fraction of sp³-hybridized carbons (Fsp3) is 0.562. The first-order valence-corrected chi connectivity index (χ1v) is 7.53. The Labute approximate surface area is 133 Å². The van der Waals surface area contributed by atoms with E-state index in [1.54, 1.807) is 31.1 Å². The number of amides is 1. The molecule has 1 fully saturated rings. The first-order chi connectivity index (χ1) is 10.7. The van der Waals surface area contributed by atoms with Crippen molar-refractivity contribution in [3.05, 3.63) is 29.8 Å². The van der Waals surface area contributed by atoms with E-state index >= 15 is 0 Å². The number of nitrogens with zero attached hydrogens (tertiary/aromatic N) is 2. The highest BCUT2D eigenvalue weighted by atomic mass is 19.4. The fourth-order valence-corrected chi connectivity index (χ4v) is 2.82. The molecule has 23 heavy (non-hydrogen) atoms. The number of piperidine rings is 1. The average molecular weight is 330 g/mol. The fourth-order valence-electron chi connectivity index (χ4n) is 2.82. The van der Waals surface area contributed by atoms with Crippen molar-refractivity contribution in [2.75, 3.05) is 27.2 Å². The Morgan fingerprint density at radius 1 is 1.30 bits per heavy atom. The summed E-state index contributed by atoms with van der Waals surface area (Å²) in [5, 5.41) is 0. The third-order valence-electron chi connectivity index (χ3n) is 3.86. The van der Waals surface area contributed by atoms with Gasteiger partial charge in [0.2, 0.25) is 5.91 Å². The zero-order valence-corrected chi connectivity index (χ0v) is 13.3. The second-order valence-electron chi connectivity index (χ2n) is 6.00. The Kier molecular flexibility index (Phi) is 5.51. The highest BCUT2D eigenvalue weighted by Crippen LogP contribution is 2.24. The molecule has 4 nitrogen and oxygen atoms in total. The smallest absolute Gasteiger partial charge is 0.406 e. The Morgan fingerprint density at radius 2 is 1.96 bits per heavy atom. The minimum absolute atomic E-state index is 0.00779. The summed E-state index contributed by atoms with van der Waals surface area (Å²) < 4.78 is 40.3.